The van der Waals surface area contributed by atoms with Crippen LogP contribution in [0.1, 0.15) is 61.7 Å². The average molecular weight is 252 g/mol. The lowest BCUT2D eigenvalue weighted by atomic mass is 9.88. The molecule has 0 radical (unpaired) electrons. The normalized spacial score (nSPS) is 21.6. The zero-order chi connectivity index (χ0) is 12.4. The smallest absolute Gasteiger partial charge is 0.110 e. The SMILES string of the molecule is CCCC1CCc2nc(C(N)C(C)C)sc2C1. The van der Waals surface area contributed by atoms with E-state index in [2.05, 4.69) is 20.8 Å². The summed E-state index contributed by atoms with van der Waals surface area (Å²) < 4.78 is 0. The zero-order valence-electron chi connectivity index (χ0n) is 11.2. The molecule has 1 aliphatic rings. The molecule has 96 valence electrons. The van der Waals surface area contributed by atoms with Gasteiger partial charge in [0.1, 0.15) is 5.01 Å². The molecule has 0 aromatic carbocycles. The zero-order valence-corrected chi connectivity index (χ0v) is 12.0. The molecule has 2 unspecified atom stereocenters. The summed E-state index contributed by atoms with van der Waals surface area (Å²) in [7, 11) is 0. The van der Waals surface area contributed by atoms with E-state index in [0.717, 1.165) is 10.9 Å². The van der Waals surface area contributed by atoms with Crippen molar-refractivity contribution < 1.29 is 0 Å². The molecular formula is C14H24N2S. The quantitative estimate of drug-likeness (QED) is 0.887. The molecule has 3 heteroatoms. The summed E-state index contributed by atoms with van der Waals surface area (Å²) in [5.74, 6) is 1.37. The highest BCUT2D eigenvalue weighted by Gasteiger charge is 2.24. The Morgan fingerprint density at radius 1 is 1.47 bits per heavy atom. The predicted octanol–water partition coefficient (Wildman–Crippen LogP) is 3.70. The van der Waals surface area contributed by atoms with E-state index < -0.39 is 0 Å². The Hall–Kier alpha value is -0.410. The summed E-state index contributed by atoms with van der Waals surface area (Å²) in [5, 5.41) is 1.15. The Morgan fingerprint density at radius 2 is 2.24 bits per heavy atom. The van der Waals surface area contributed by atoms with Gasteiger partial charge in [0.25, 0.3) is 0 Å². The fourth-order valence-electron chi connectivity index (χ4n) is 2.55. The molecule has 0 bridgehead atoms. The first-order valence-corrected chi connectivity index (χ1v) is 7.67. The molecule has 0 saturated heterocycles. The highest BCUT2D eigenvalue weighted by molar-refractivity contribution is 7.11. The monoisotopic (exact) mass is 252 g/mol. The molecule has 0 saturated carbocycles. The number of nitrogens with two attached hydrogens (primary N) is 1. The van der Waals surface area contributed by atoms with Crippen LogP contribution in [0.25, 0.3) is 0 Å². The van der Waals surface area contributed by atoms with Crippen LogP contribution in [-0.4, -0.2) is 4.98 Å². The minimum Gasteiger partial charge on any atom is -0.322 e. The van der Waals surface area contributed by atoms with Gasteiger partial charge >= 0.3 is 0 Å². The van der Waals surface area contributed by atoms with Crippen LogP contribution in [0.3, 0.4) is 0 Å². The molecule has 0 spiro atoms. The maximum Gasteiger partial charge on any atom is 0.110 e. The van der Waals surface area contributed by atoms with Crippen molar-refractivity contribution in [1.82, 2.24) is 4.98 Å². The van der Waals surface area contributed by atoms with Gasteiger partial charge in [-0.05, 0) is 31.1 Å². The van der Waals surface area contributed by atoms with Crippen LogP contribution < -0.4 is 5.73 Å². The first-order chi connectivity index (χ1) is 8.11. The van der Waals surface area contributed by atoms with Crippen molar-refractivity contribution in [3.05, 3.63) is 15.6 Å². The number of aromatic nitrogens is 1. The van der Waals surface area contributed by atoms with E-state index in [1.165, 1.54) is 42.7 Å². The summed E-state index contributed by atoms with van der Waals surface area (Å²) in [6.45, 7) is 6.62. The molecule has 1 heterocycles. The number of thiazole rings is 1. The van der Waals surface area contributed by atoms with Gasteiger partial charge in [-0.3, -0.25) is 0 Å². The lowest BCUT2D eigenvalue weighted by Gasteiger charge is -2.20. The van der Waals surface area contributed by atoms with Gasteiger partial charge in [-0.1, -0.05) is 33.6 Å². The number of fused-ring (bicyclic) bond motifs is 1. The van der Waals surface area contributed by atoms with E-state index in [0.29, 0.717) is 5.92 Å². The van der Waals surface area contributed by atoms with Crippen LogP contribution >= 0.6 is 11.3 Å². The van der Waals surface area contributed by atoms with E-state index in [9.17, 15) is 0 Å². The highest BCUT2D eigenvalue weighted by atomic mass is 32.1. The van der Waals surface area contributed by atoms with Gasteiger partial charge in [0.2, 0.25) is 0 Å². The summed E-state index contributed by atoms with van der Waals surface area (Å²) in [6.07, 6.45) is 6.40. The molecule has 0 aliphatic heterocycles. The number of hydrogen-bond donors (Lipinski definition) is 1. The van der Waals surface area contributed by atoms with Crippen molar-refractivity contribution in [2.75, 3.05) is 0 Å². The lowest BCUT2D eigenvalue weighted by molar-refractivity contribution is 0.423. The van der Waals surface area contributed by atoms with Crippen molar-refractivity contribution in [3.8, 4) is 0 Å². The summed E-state index contributed by atoms with van der Waals surface area (Å²) in [5.41, 5.74) is 7.53. The predicted molar refractivity (Wildman–Crippen MR) is 74.3 cm³/mol. The summed E-state index contributed by atoms with van der Waals surface area (Å²) >= 11 is 1.87. The van der Waals surface area contributed by atoms with E-state index in [1.54, 1.807) is 0 Å². The molecule has 2 N–H and O–H groups in total. The van der Waals surface area contributed by atoms with Gasteiger partial charge in [0.05, 0.1) is 11.7 Å². The van der Waals surface area contributed by atoms with Gasteiger partial charge in [0.15, 0.2) is 0 Å². The standard InChI is InChI=1S/C14H24N2S/c1-4-5-10-6-7-11-12(8-10)17-14(16-11)13(15)9(2)3/h9-10,13H,4-8,15H2,1-3H3. The largest absolute Gasteiger partial charge is 0.322 e. The molecule has 0 fully saturated rings. The first-order valence-electron chi connectivity index (χ1n) is 6.85. The van der Waals surface area contributed by atoms with E-state index in [4.69, 9.17) is 10.7 Å². The molecule has 2 nitrogen and oxygen atoms in total. The van der Waals surface area contributed by atoms with Crippen LogP contribution in [-0.2, 0) is 12.8 Å². The topological polar surface area (TPSA) is 38.9 Å². The van der Waals surface area contributed by atoms with Gasteiger partial charge < -0.3 is 5.73 Å². The fraction of sp³-hybridized carbons (Fsp3) is 0.786. The van der Waals surface area contributed by atoms with E-state index >= 15 is 0 Å². The maximum absolute atomic E-state index is 6.19. The second kappa shape index (κ2) is 5.49. The molecule has 1 aromatic rings. The maximum atomic E-state index is 6.19. The summed E-state index contributed by atoms with van der Waals surface area (Å²) in [6, 6.07) is 0.121. The Labute approximate surface area is 109 Å². The Balaban J connectivity index is 2.11. The van der Waals surface area contributed by atoms with Gasteiger partial charge in [-0.25, -0.2) is 4.98 Å². The van der Waals surface area contributed by atoms with E-state index in [1.807, 2.05) is 11.3 Å². The molecule has 0 amide bonds. The molecular weight excluding hydrogens is 228 g/mol. The Bertz CT molecular complexity index is 370. The third kappa shape index (κ3) is 2.89. The molecule has 1 aliphatic carbocycles. The average Bonchev–Trinajstić information content (AvgIpc) is 2.71. The van der Waals surface area contributed by atoms with Gasteiger partial charge in [-0.2, -0.15) is 0 Å². The molecule has 2 rings (SSSR count). The third-order valence-corrected chi connectivity index (χ3v) is 4.98. The van der Waals surface area contributed by atoms with Crippen LogP contribution in [0.15, 0.2) is 0 Å². The number of aryl methyl sites for hydroxylation is 1. The highest BCUT2D eigenvalue weighted by Crippen LogP contribution is 2.34. The molecule has 1 aromatic heterocycles. The van der Waals surface area contributed by atoms with Crippen LogP contribution in [0.2, 0.25) is 0 Å². The van der Waals surface area contributed by atoms with Crippen molar-refractivity contribution in [1.29, 1.82) is 0 Å². The first kappa shape index (κ1) is 13.0. The summed E-state index contributed by atoms with van der Waals surface area (Å²) in [4.78, 5) is 6.27. The van der Waals surface area contributed by atoms with Crippen LogP contribution in [0.4, 0.5) is 0 Å². The van der Waals surface area contributed by atoms with Crippen molar-refractivity contribution in [2.45, 2.75) is 58.9 Å². The molecule has 17 heavy (non-hydrogen) atoms. The van der Waals surface area contributed by atoms with Crippen molar-refractivity contribution in [2.24, 2.45) is 17.6 Å². The van der Waals surface area contributed by atoms with E-state index in [-0.39, 0.29) is 6.04 Å². The van der Waals surface area contributed by atoms with Crippen molar-refractivity contribution in [3.63, 3.8) is 0 Å². The second-order valence-electron chi connectivity index (χ2n) is 5.59. The minimum atomic E-state index is 0.121. The van der Waals surface area contributed by atoms with Gasteiger partial charge in [-0.15, -0.1) is 11.3 Å². The van der Waals surface area contributed by atoms with Gasteiger partial charge in [0, 0.05) is 4.88 Å². The minimum absolute atomic E-state index is 0.121. The fourth-order valence-corrected chi connectivity index (χ4v) is 3.95. The number of rotatable bonds is 4. The second-order valence-corrected chi connectivity index (χ2v) is 6.70. The third-order valence-electron chi connectivity index (χ3n) is 3.76. The van der Waals surface area contributed by atoms with Crippen LogP contribution in [0.5, 0.6) is 0 Å². The molecule has 2 atom stereocenters. The lowest BCUT2D eigenvalue weighted by Crippen LogP contribution is -2.16. The van der Waals surface area contributed by atoms with Crippen molar-refractivity contribution >= 4 is 11.3 Å². The Kier molecular flexibility index (Phi) is 4.21. The van der Waals surface area contributed by atoms with Crippen LogP contribution in [0, 0.1) is 11.8 Å². The number of hydrogen-bond acceptors (Lipinski definition) is 3. The Morgan fingerprint density at radius 3 is 2.88 bits per heavy atom. The number of nitrogens with zero attached hydrogens (tertiary/aromatic N) is 1.